The largest absolute Gasteiger partial charge is 0.399 e. The Labute approximate surface area is 112 Å². The Kier molecular flexibility index (Phi) is 3.59. The van der Waals surface area contributed by atoms with Crippen molar-refractivity contribution >= 4 is 15.5 Å². The van der Waals surface area contributed by atoms with E-state index >= 15 is 0 Å². The fraction of sp³-hybridized carbons (Fsp3) is 0.143. The molecule has 0 saturated carbocycles. The molecule has 2 aromatic carbocycles. The van der Waals surface area contributed by atoms with Gasteiger partial charge in [0.1, 0.15) is 6.10 Å². The summed E-state index contributed by atoms with van der Waals surface area (Å²) in [5.74, 6) is 0. The van der Waals surface area contributed by atoms with Gasteiger partial charge in [-0.3, -0.25) is 0 Å². The highest BCUT2D eigenvalue weighted by molar-refractivity contribution is 7.90. The molecule has 0 heterocycles. The summed E-state index contributed by atoms with van der Waals surface area (Å²) in [6, 6.07) is 13.2. The predicted octanol–water partition coefficient (Wildman–Crippen LogP) is 1.75. The van der Waals surface area contributed by atoms with Crippen LogP contribution in [0.15, 0.2) is 53.4 Å². The Balaban J connectivity index is 2.54. The maximum Gasteiger partial charge on any atom is 0.175 e. The molecule has 1 atom stereocenters. The van der Waals surface area contributed by atoms with Gasteiger partial charge >= 0.3 is 0 Å². The normalized spacial score (nSPS) is 13.2. The smallest absolute Gasteiger partial charge is 0.175 e. The van der Waals surface area contributed by atoms with Gasteiger partial charge in [0.15, 0.2) is 9.84 Å². The van der Waals surface area contributed by atoms with Crippen LogP contribution in [-0.4, -0.2) is 19.8 Å². The third-order valence-electron chi connectivity index (χ3n) is 2.84. The summed E-state index contributed by atoms with van der Waals surface area (Å²) in [4.78, 5) is 0.130. The molecule has 0 aromatic heterocycles. The van der Waals surface area contributed by atoms with Crippen molar-refractivity contribution in [3.63, 3.8) is 0 Å². The first-order valence-corrected chi connectivity index (χ1v) is 7.61. The number of rotatable bonds is 3. The van der Waals surface area contributed by atoms with E-state index in [1.807, 2.05) is 0 Å². The summed E-state index contributed by atoms with van der Waals surface area (Å²) in [7, 11) is -3.39. The van der Waals surface area contributed by atoms with Crippen LogP contribution < -0.4 is 5.73 Å². The topological polar surface area (TPSA) is 80.4 Å². The van der Waals surface area contributed by atoms with E-state index in [0.717, 1.165) is 6.26 Å². The molecule has 0 aliphatic rings. The molecule has 3 N–H and O–H groups in total. The number of aliphatic hydroxyl groups excluding tert-OH is 1. The second-order valence-electron chi connectivity index (χ2n) is 4.38. The van der Waals surface area contributed by atoms with Gasteiger partial charge < -0.3 is 10.8 Å². The molecule has 19 heavy (non-hydrogen) atoms. The van der Waals surface area contributed by atoms with E-state index in [0.29, 0.717) is 16.8 Å². The van der Waals surface area contributed by atoms with Crippen molar-refractivity contribution in [2.75, 3.05) is 12.0 Å². The fourth-order valence-electron chi connectivity index (χ4n) is 1.95. The molecule has 100 valence electrons. The molecule has 2 aromatic rings. The maximum atomic E-state index is 11.7. The van der Waals surface area contributed by atoms with Crippen LogP contribution in [0.5, 0.6) is 0 Å². The summed E-state index contributed by atoms with van der Waals surface area (Å²) in [5.41, 5.74) is 7.11. The monoisotopic (exact) mass is 277 g/mol. The van der Waals surface area contributed by atoms with E-state index in [9.17, 15) is 13.5 Å². The molecule has 0 spiro atoms. The van der Waals surface area contributed by atoms with Crippen LogP contribution in [0, 0.1) is 0 Å². The summed E-state index contributed by atoms with van der Waals surface area (Å²) in [6.45, 7) is 0. The lowest BCUT2D eigenvalue weighted by Crippen LogP contribution is -2.08. The minimum atomic E-state index is -3.39. The van der Waals surface area contributed by atoms with Crippen molar-refractivity contribution in [2.45, 2.75) is 11.0 Å². The number of nitrogen functional groups attached to an aromatic ring is 1. The van der Waals surface area contributed by atoms with E-state index in [1.165, 1.54) is 6.07 Å². The quantitative estimate of drug-likeness (QED) is 0.838. The summed E-state index contributed by atoms with van der Waals surface area (Å²) >= 11 is 0. The Bertz CT molecular complexity index is 695. The van der Waals surface area contributed by atoms with Crippen LogP contribution in [0.4, 0.5) is 5.69 Å². The van der Waals surface area contributed by atoms with E-state index in [1.54, 1.807) is 42.5 Å². The van der Waals surface area contributed by atoms with Crippen molar-refractivity contribution in [3.8, 4) is 0 Å². The Morgan fingerprint density at radius 2 is 1.79 bits per heavy atom. The van der Waals surface area contributed by atoms with Crippen LogP contribution in [0.25, 0.3) is 0 Å². The number of nitrogens with two attached hydrogens (primary N) is 1. The Morgan fingerprint density at radius 3 is 2.42 bits per heavy atom. The van der Waals surface area contributed by atoms with E-state index in [4.69, 9.17) is 5.73 Å². The molecule has 0 fully saturated rings. The zero-order valence-electron chi connectivity index (χ0n) is 10.4. The van der Waals surface area contributed by atoms with Crippen molar-refractivity contribution in [3.05, 3.63) is 59.7 Å². The first-order valence-electron chi connectivity index (χ1n) is 5.72. The van der Waals surface area contributed by atoms with Gasteiger partial charge in [0.25, 0.3) is 0 Å². The van der Waals surface area contributed by atoms with E-state index in [2.05, 4.69) is 0 Å². The fourth-order valence-corrected chi connectivity index (χ4v) is 2.89. The van der Waals surface area contributed by atoms with Crippen LogP contribution in [0.3, 0.4) is 0 Å². The van der Waals surface area contributed by atoms with Crippen LogP contribution >= 0.6 is 0 Å². The van der Waals surface area contributed by atoms with Crippen LogP contribution in [0.2, 0.25) is 0 Å². The number of benzene rings is 2. The van der Waals surface area contributed by atoms with Gasteiger partial charge in [-0.2, -0.15) is 0 Å². The SMILES string of the molecule is CS(=O)(=O)c1ccccc1C(O)c1cccc(N)c1. The molecular formula is C14H15NO3S. The first-order chi connectivity index (χ1) is 8.89. The second kappa shape index (κ2) is 5.03. The summed E-state index contributed by atoms with van der Waals surface area (Å²) in [5, 5.41) is 10.3. The van der Waals surface area contributed by atoms with Crippen molar-refractivity contribution in [1.29, 1.82) is 0 Å². The molecule has 0 aliphatic carbocycles. The molecular weight excluding hydrogens is 262 g/mol. The Hall–Kier alpha value is -1.85. The molecule has 0 saturated heterocycles. The molecule has 0 radical (unpaired) electrons. The molecule has 1 unspecified atom stereocenters. The highest BCUT2D eigenvalue weighted by atomic mass is 32.2. The number of aliphatic hydroxyl groups is 1. The van der Waals surface area contributed by atoms with Gasteiger partial charge in [0, 0.05) is 17.5 Å². The third kappa shape index (κ3) is 2.94. The Morgan fingerprint density at radius 1 is 1.11 bits per heavy atom. The van der Waals surface area contributed by atoms with Crippen molar-refractivity contribution < 1.29 is 13.5 Å². The first kappa shape index (κ1) is 13.6. The van der Waals surface area contributed by atoms with Crippen molar-refractivity contribution in [1.82, 2.24) is 0 Å². The van der Waals surface area contributed by atoms with Crippen LogP contribution in [0.1, 0.15) is 17.2 Å². The number of sulfone groups is 1. The molecule has 5 heteroatoms. The number of hydrogen-bond acceptors (Lipinski definition) is 4. The highest BCUT2D eigenvalue weighted by Gasteiger charge is 2.19. The summed E-state index contributed by atoms with van der Waals surface area (Å²) < 4.78 is 23.4. The van der Waals surface area contributed by atoms with Gasteiger partial charge in [-0.25, -0.2) is 8.42 Å². The molecule has 4 nitrogen and oxygen atoms in total. The zero-order chi connectivity index (χ0) is 14.0. The van der Waals surface area contributed by atoms with Gasteiger partial charge in [0.2, 0.25) is 0 Å². The molecule has 0 amide bonds. The second-order valence-corrected chi connectivity index (χ2v) is 6.37. The minimum Gasteiger partial charge on any atom is -0.399 e. The van der Waals surface area contributed by atoms with Gasteiger partial charge in [-0.1, -0.05) is 30.3 Å². The lowest BCUT2D eigenvalue weighted by atomic mass is 10.0. The number of anilines is 1. The van der Waals surface area contributed by atoms with Crippen LogP contribution in [-0.2, 0) is 9.84 Å². The molecule has 0 aliphatic heterocycles. The third-order valence-corrected chi connectivity index (χ3v) is 4.01. The van der Waals surface area contributed by atoms with Crippen molar-refractivity contribution in [2.24, 2.45) is 0 Å². The predicted molar refractivity (Wildman–Crippen MR) is 74.5 cm³/mol. The molecule has 0 bridgehead atoms. The number of hydrogen-bond donors (Lipinski definition) is 2. The average Bonchev–Trinajstić information content (AvgIpc) is 2.37. The zero-order valence-corrected chi connectivity index (χ0v) is 11.3. The van der Waals surface area contributed by atoms with E-state index < -0.39 is 15.9 Å². The molecule has 2 rings (SSSR count). The minimum absolute atomic E-state index is 0.130. The highest BCUT2D eigenvalue weighted by Crippen LogP contribution is 2.28. The van der Waals surface area contributed by atoms with Gasteiger partial charge in [-0.15, -0.1) is 0 Å². The lowest BCUT2D eigenvalue weighted by molar-refractivity contribution is 0.217. The van der Waals surface area contributed by atoms with Gasteiger partial charge in [0.05, 0.1) is 4.90 Å². The average molecular weight is 277 g/mol. The standard InChI is InChI=1S/C14H15NO3S/c1-19(17,18)13-8-3-2-7-12(13)14(16)10-5-4-6-11(15)9-10/h2-9,14,16H,15H2,1H3. The lowest BCUT2D eigenvalue weighted by Gasteiger charge is -2.15. The van der Waals surface area contributed by atoms with Gasteiger partial charge in [-0.05, 0) is 23.8 Å². The maximum absolute atomic E-state index is 11.7. The van der Waals surface area contributed by atoms with E-state index in [-0.39, 0.29) is 4.90 Å². The summed E-state index contributed by atoms with van der Waals surface area (Å²) in [6.07, 6.45) is 0.104.